The van der Waals surface area contributed by atoms with Gasteiger partial charge in [-0.05, 0) is 31.1 Å². The van der Waals surface area contributed by atoms with E-state index in [2.05, 4.69) is 9.80 Å². The number of piperazine rings is 1. The summed E-state index contributed by atoms with van der Waals surface area (Å²) >= 11 is 0. The lowest BCUT2D eigenvalue weighted by molar-refractivity contribution is -0.508. The van der Waals surface area contributed by atoms with E-state index in [4.69, 9.17) is 5.73 Å². The van der Waals surface area contributed by atoms with E-state index in [0.717, 1.165) is 31.9 Å². The monoisotopic (exact) mass is 430 g/mol. The molecule has 0 spiro atoms. The maximum atomic E-state index is 13.6. The van der Waals surface area contributed by atoms with E-state index in [1.165, 1.54) is 17.7 Å². The van der Waals surface area contributed by atoms with Gasteiger partial charge in [-0.3, -0.25) is 15.0 Å². The van der Waals surface area contributed by atoms with Gasteiger partial charge in [0.2, 0.25) is 6.04 Å². The smallest absolute Gasteiger partial charge is 0.237 e. The van der Waals surface area contributed by atoms with Crippen LogP contribution in [0.3, 0.4) is 0 Å². The van der Waals surface area contributed by atoms with Crippen LogP contribution in [0.1, 0.15) is 25.7 Å². The van der Waals surface area contributed by atoms with Gasteiger partial charge in [-0.2, -0.15) is 0 Å². The number of hydrogen-bond donors (Lipinski definition) is 1. The van der Waals surface area contributed by atoms with Crippen molar-refractivity contribution in [1.82, 2.24) is 9.80 Å². The molecule has 0 saturated carbocycles. The van der Waals surface area contributed by atoms with Crippen molar-refractivity contribution < 1.29 is 13.7 Å². The lowest BCUT2D eigenvalue weighted by Crippen LogP contribution is -2.53. The van der Waals surface area contributed by atoms with Crippen molar-refractivity contribution in [3.8, 4) is 0 Å². The number of halogens is 2. The fourth-order valence-electron chi connectivity index (χ4n) is 4.91. The third-order valence-corrected chi connectivity index (χ3v) is 6.54. The second-order valence-electron chi connectivity index (χ2n) is 8.47. The van der Waals surface area contributed by atoms with Gasteiger partial charge in [0.15, 0.2) is 0 Å². The minimum absolute atomic E-state index is 0.0965. The number of rotatable bonds is 5. The first-order valence-electron chi connectivity index (χ1n) is 10.8. The minimum Gasteiger partial charge on any atom is -0.397 e. The number of hydrogen-bond acceptors (Lipinski definition) is 5. The molecule has 1 aliphatic heterocycles. The molecule has 4 aliphatic rings. The van der Waals surface area contributed by atoms with Crippen LogP contribution in [-0.2, 0) is 0 Å². The summed E-state index contributed by atoms with van der Waals surface area (Å²) in [6.45, 7) is 3.07. The second-order valence-corrected chi connectivity index (χ2v) is 8.47. The van der Waals surface area contributed by atoms with E-state index >= 15 is 0 Å². The topological polar surface area (TPSA) is 75.6 Å². The molecule has 31 heavy (non-hydrogen) atoms. The minimum atomic E-state index is -0.757. The van der Waals surface area contributed by atoms with Crippen LogP contribution in [-0.4, -0.2) is 53.0 Å². The highest BCUT2D eigenvalue weighted by molar-refractivity contribution is 5.33. The van der Waals surface area contributed by atoms with Gasteiger partial charge in [-0.1, -0.05) is 23.8 Å². The molecule has 3 aliphatic carbocycles. The molecule has 2 N–H and O–H groups in total. The summed E-state index contributed by atoms with van der Waals surface area (Å²) < 4.78 is 27.1. The third-order valence-electron chi connectivity index (χ3n) is 6.54. The summed E-state index contributed by atoms with van der Waals surface area (Å²) in [5.74, 6) is -0.161. The zero-order chi connectivity index (χ0) is 22.0. The molecular weight excluding hydrogens is 402 g/mol. The average molecular weight is 430 g/mol. The first-order valence-corrected chi connectivity index (χ1v) is 10.8. The molecule has 0 radical (unpaired) electrons. The first kappa shape index (κ1) is 21.5. The Kier molecular flexibility index (Phi) is 6.36. The van der Waals surface area contributed by atoms with Gasteiger partial charge in [0.25, 0.3) is 0 Å². The molecule has 0 amide bonds. The van der Waals surface area contributed by atoms with Crippen LogP contribution in [0.5, 0.6) is 0 Å². The van der Waals surface area contributed by atoms with Gasteiger partial charge in [0.1, 0.15) is 11.7 Å². The normalized spacial score (nSPS) is 28.2. The summed E-state index contributed by atoms with van der Waals surface area (Å²) in [4.78, 5) is 15.3. The maximum absolute atomic E-state index is 13.6. The van der Waals surface area contributed by atoms with Crippen molar-refractivity contribution in [1.29, 1.82) is 0 Å². The fraction of sp³-hybridized carbons (Fsp3) is 0.478. The molecule has 0 bridgehead atoms. The molecule has 8 heteroatoms. The molecule has 3 atom stereocenters. The average Bonchev–Trinajstić information content (AvgIpc) is 2.77. The summed E-state index contributed by atoms with van der Waals surface area (Å²) in [6, 6.07) is -0.660. The standard InChI is InChI=1S/C23H28F2N4O2/c24-18-5-1-16(2-6-18)23(17-3-7-19(25)8-4-17)28-13-11-27(12-14-28)22-10-9-20(29(30)31)15-21(22)26/h1,3,5-7,10,15-16,20,23H,2,4,8-9,11-14,26H2. The summed E-state index contributed by atoms with van der Waals surface area (Å²) in [5.41, 5.74) is 8.64. The summed E-state index contributed by atoms with van der Waals surface area (Å²) in [7, 11) is 0. The zero-order valence-corrected chi connectivity index (χ0v) is 17.4. The molecule has 4 rings (SSSR count). The Balaban J connectivity index is 1.46. The van der Waals surface area contributed by atoms with Crippen molar-refractivity contribution in [2.24, 2.45) is 11.7 Å². The van der Waals surface area contributed by atoms with Crippen molar-refractivity contribution >= 4 is 0 Å². The Morgan fingerprint density at radius 2 is 1.87 bits per heavy atom. The van der Waals surface area contributed by atoms with Crippen molar-refractivity contribution in [3.05, 3.63) is 81.3 Å². The van der Waals surface area contributed by atoms with Crippen LogP contribution >= 0.6 is 0 Å². The number of nitro groups is 1. The predicted octanol–water partition coefficient (Wildman–Crippen LogP) is 3.75. The van der Waals surface area contributed by atoms with Gasteiger partial charge in [0.05, 0.1) is 11.4 Å². The van der Waals surface area contributed by atoms with E-state index in [9.17, 15) is 18.9 Å². The van der Waals surface area contributed by atoms with Gasteiger partial charge in [0, 0.05) is 62.0 Å². The lowest BCUT2D eigenvalue weighted by Gasteiger charge is -2.44. The Morgan fingerprint density at radius 1 is 1.10 bits per heavy atom. The summed E-state index contributed by atoms with van der Waals surface area (Å²) in [6.07, 6.45) is 14.0. The molecule has 0 aromatic rings. The molecular formula is C23H28F2N4O2. The van der Waals surface area contributed by atoms with Crippen LogP contribution in [0, 0.1) is 16.0 Å². The van der Waals surface area contributed by atoms with Crippen LogP contribution in [0.15, 0.2) is 71.2 Å². The Labute approximate surface area is 180 Å². The quantitative estimate of drug-likeness (QED) is 0.531. The van der Waals surface area contributed by atoms with E-state index in [0.29, 0.717) is 31.4 Å². The lowest BCUT2D eigenvalue weighted by atomic mass is 9.83. The van der Waals surface area contributed by atoms with E-state index in [1.54, 1.807) is 12.2 Å². The molecule has 166 valence electrons. The van der Waals surface area contributed by atoms with Crippen molar-refractivity contribution in [2.45, 2.75) is 37.8 Å². The zero-order valence-electron chi connectivity index (χ0n) is 17.4. The number of allylic oxidation sites excluding steroid dienone is 6. The second kappa shape index (κ2) is 9.18. The van der Waals surface area contributed by atoms with Gasteiger partial charge in [-0.15, -0.1) is 0 Å². The van der Waals surface area contributed by atoms with E-state index in [1.807, 2.05) is 18.2 Å². The van der Waals surface area contributed by atoms with Crippen LogP contribution in [0.2, 0.25) is 0 Å². The summed E-state index contributed by atoms with van der Waals surface area (Å²) in [5, 5.41) is 11.0. The highest BCUT2D eigenvalue weighted by atomic mass is 19.1. The van der Waals surface area contributed by atoms with Gasteiger partial charge >= 0.3 is 0 Å². The molecule has 0 aromatic carbocycles. The highest BCUT2D eigenvalue weighted by Gasteiger charge is 2.34. The molecule has 3 unspecified atom stereocenters. The van der Waals surface area contributed by atoms with Gasteiger partial charge in [-0.25, -0.2) is 8.78 Å². The van der Waals surface area contributed by atoms with Crippen molar-refractivity contribution in [3.63, 3.8) is 0 Å². The largest absolute Gasteiger partial charge is 0.397 e. The highest BCUT2D eigenvalue weighted by Crippen LogP contribution is 2.34. The van der Waals surface area contributed by atoms with Crippen LogP contribution in [0.4, 0.5) is 8.78 Å². The van der Waals surface area contributed by atoms with E-state index in [-0.39, 0.29) is 28.5 Å². The van der Waals surface area contributed by atoms with E-state index < -0.39 is 6.04 Å². The number of nitrogens with zero attached hydrogens (tertiary/aromatic N) is 3. The Morgan fingerprint density at radius 3 is 2.45 bits per heavy atom. The third kappa shape index (κ3) is 4.79. The molecule has 1 heterocycles. The first-order chi connectivity index (χ1) is 14.9. The number of nitrogens with two attached hydrogens (primary N) is 1. The van der Waals surface area contributed by atoms with Crippen LogP contribution in [0.25, 0.3) is 0 Å². The SMILES string of the molecule is NC1=CC([N+](=O)[O-])CC=C1N1CCN(C(C2=CC=C(F)CC2)C2C=CC(F)=CC2)CC1. The van der Waals surface area contributed by atoms with Gasteiger partial charge < -0.3 is 10.6 Å². The van der Waals surface area contributed by atoms with Crippen LogP contribution < -0.4 is 5.73 Å². The molecule has 6 nitrogen and oxygen atoms in total. The molecule has 1 fully saturated rings. The molecule has 0 aromatic heterocycles. The maximum Gasteiger partial charge on any atom is 0.237 e. The van der Waals surface area contributed by atoms with Crippen molar-refractivity contribution in [2.75, 3.05) is 26.2 Å². The predicted molar refractivity (Wildman–Crippen MR) is 116 cm³/mol. The molecule has 1 saturated heterocycles. The Hall–Kier alpha value is -2.74. The fourth-order valence-corrected chi connectivity index (χ4v) is 4.91. The Bertz CT molecular complexity index is 911.